The van der Waals surface area contributed by atoms with Crippen molar-refractivity contribution in [1.82, 2.24) is 9.97 Å². The van der Waals surface area contributed by atoms with E-state index >= 15 is 0 Å². The van der Waals surface area contributed by atoms with Crippen LogP contribution in [0.3, 0.4) is 0 Å². The number of ether oxygens (including phenoxy) is 2. The fourth-order valence-electron chi connectivity index (χ4n) is 1.98. The first-order chi connectivity index (χ1) is 12.2. The number of anilines is 2. The fraction of sp³-hybridized carbons (Fsp3) is 0.294. The molecule has 1 amide bonds. The van der Waals surface area contributed by atoms with E-state index in [0.717, 1.165) is 0 Å². The van der Waals surface area contributed by atoms with E-state index in [2.05, 4.69) is 20.6 Å². The second-order valence-electron chi connectivity index (χ2n) is 4.93. The van der Waals surface area contributed by atoms with Gasteiger partial charge in [0.1, 0.15) is 11.5 Å². The van der Waals surface area contributed by atoms with Crippen LogP contribution in [0.15, 0.2) is 36.7 Å². The summed E-state index contributed by atoms with van der Waals surface area (Å²) in [4.78, 5) is 32.4. The van der Waals surface area contributed by atoms with Crippen molar-refractivity contribution in [3.05, 3.63) is 47.9 Å². The first-order valence-corrected chi connectivity index (χ1v) is 7.78. The Morgan fingerprint density at radius 3 is 2.64 bits per heavy atom. The van der Waals surface area contributed by atoms with Gasteiger partial charge in [-0.2, -0.15) is 0 Å². The Labute approximate surface area is 145 Å². The third kappa shape index (κ3) is 5.25. The van der Waals surface area contributed by atoms with Crippen molar-refractivity contribution in [1.29, 1.82) is 0 Å². The van der Waals surface area contributed by atoms with Gasteiger partial charge in [0.25, 0.3) is 5.91 Å². The second kappa shape index (κ2) is 9.33. The third-order valence-electron chi connectivity index (χ3n) is 3.17. The van der Waals surface area contributed by atoms with Crippen molar-refractivity contribution in [2.24, 2.45) is 0 Å². The number of para-hydroxylation sites is 1. The molecule has 0 aliphatic carbocycles. The number of carbonyl (C=O) groups excluding carboxylic acids is 2. The molecule has 0 bridgehead atoms. The van der Waals surface area contributed by atoms with Crippen LogP contribution in [-0.2, 0) is 9.47 Å². The van der Waals surface area contributed by atoms with Gasteiger partial charge in [0.2, 0.25) is 0 Å². The van der Waals surface area contributed by atoms with Crippen LogP contribution in [0.1, 0.15) is 27.8 Å². The molecule has 2 aromatic rings. The first kappa shape index (κ1) is 18.3. The van der Waals surface area contributed by atoms with Gasteiger partial charge < -0.3 is 20.1 Å². The lowest BCUT2D eigenvalue weighted by Crippen LogP contribution is -2.17. The molecule has 0 spiro atoms. The molecule has 0 radical (unpaired) electrons. The Morgan fingerprint density at radius 1 is 1.16 bits per heavy atom. The van der Waals surface area contributed by atoms with E-state index in [1.165, 1.54) is 12.4 Å². The summed E-state index contributed by atoms with van der Waals surface area (Å²) < 4.78 is 9.91. The van der Waals surface area contributed by atoms with Gasteiger partial charge in [-0.1, -0.05) is 12.1 Å². The van der Waals surface area contributed by atoms with E-state index in [-0.39, 0.29) is 17.9 Å². The number of carbonyl (C=O) groups is 2. The van der Waals surface area contributed by atoms with Gasteiger partial charge in [-0.05, 0) is 19.1 Å². The molecular weight excluding hydrogens is 324 g/mol. The van der Waals surface area contributed by atoms with Gasteiger partial charge >= 0.3 is 5.97 Å². The highest BCUT2D eigenvalue weighted by atomic mass is 16.5. The molecule has 1 heterocycles. The van der Waals surface area contributed by atoms with Crippen LogP contribution in [0.4, 0.5) is 11.5 Å². The molecule has 25 heavy (non-hydrogen) atoms. The minimum absolute atomic E-state index is 0.135. The van der Waals surface area contributed by atoms with Gasteiger partial charge in [-0.15, -0.1) is 0 Å². The summed E-state index contributed by atoms with van der Waals surface area (Å²) in [6.45, 7) is 3.10. The van der Waals surface area contributed by atoms with Gasteiger partial charge in [-0.25, -0.2) is 14.8 Å². The van der Waals surface area contributed by atoms with Gasteiger partial charge in [0.05, 0.1) is 36.9 Å². The molecule has 0 aliphatic rings. The van der Waals surface area contributed by atoms with E-state index in [1.807, 2.05) is 0 Å². The van der Waals surface area contributed by atoms with Crippen LogP contribution in [0, 0.1) is 0 Å². The minimum atomic E-state index is -0.498. The lowest BCUT2D eigenvalue weighted by atomic mass is 10.1. The fourth-order valence-corrected chi connectivity index (χ4v) is 1.98. The molecule has 0 atom stereocenters. The van der Waals surface area contributed by atoms with Crippen LogP contribution < -0.4 is 10.6 Å². The Bertz CT molecular complexity index is 719. The zero-order valence-corrected chi connectivity index (χ0v) is 14.1. The molecule has 0 fully saturated rings. The lowest BCUT2D eigenvalue weighted by Gasteiger charge is -2.10. The zero-order chi connectivity index (χ0) is 18.1. The number of hydrogen-bond acceptors (Lipinski definition) is 7. The largest absolute Gasteiger partial charge is 0.462 e. The van der Waals surface area contributed by atoms with E-state index < -0.39 is 11.9 Å². The summed E-state index contributed by atoms with van der Waals surface area (Å²) in [5.74, 6) is -0.421. The maximum atomic E-state index is 12.3. The SMILES string of the molecule is CCOC(=O)c1ccccc1NC(=O)c1cnc(NCCOC)cn1. The van der Waals surface area contributed by atoms with Crippen LogP contribution in [-0.4, -0.2) is 48.7 Å². The monoisotopic (exact) mass is 344 g/mol. The quantitative estimate of drug-likeness (QED) is 0.557. The summed E-state index contributed by atoms with van der Waals surface area (Å²) in [5, 5.41) is 5.66. The summed E-state index contributed by atoms with van der Waals surface area (Å²) in [6.07, 6.45) is 2.82. The van der Waals surface area contributed by atoms with E-state index in [9.17, 15) is 9.59 Å². The van der Waals surface area contributed by atoms with Crippen molar-refractivity contribution in [2.75, 3.05) is 37.5 Å². The van der Waals surface area contributed by atoms with Crippen LogP contribution in [0.2, 0.25) is 0 Å². The second-order valence-corrected chi connectivity index (χ2v) is 4.93. The summed E-state index contributed by atoms with van der Waals surface area (Å²) in [5.41, 5.74) is 0.773. The van der Waals surface area contributed by atoms with E-state index in [1.54, 1.807) is 38.3 Å². The smallest absolute Gasteiger partial charge is 0.340 e. The Hall–Kier alpha value is -3.00. The van der Waals surface area contributed by atoms with Crippen molar-refractivity contribution in [3.8, 4) is 0 Å². The number of rotatable bonds is 8. The molecule has 2 rings (SSSR count). The van der Waals surface area contributed by atoms with Gasteiger partial charge in [0.15, 0.2) is 0 Å². The molecule has 0 saturated heterocycles. The maximum Gasteiger partial charge on any atom is 0.340 e. The number of aromatic nitrogens is 2. The van der Waals surface area contributed by atoms with Crippen molar-refractivity contribution < 1.29 is 19.1 Å². The molecule has 0 saturated carbocycles. The minimum Gasteiger partial charge on any atom is -0.462 e. The average Bonchev–Trinajstić information content (AvgIpc) is 2.63. The summed E-state index contributed by atoms with van der Waals surface area (Å²) >= 11 is 0. The van der Waals surface area contributed by atoms with Gasteiger partial charge in [-0.3, -0.25) is 4.79 Å². The van der Waals surface area contributed by atoms with Crippen molar-refractivity contribution in [3.63, 3.8) is 0 Å². The van der Waals surface area contributed by atoms with Crippen LogP contribution in [0.25, 0.3) is 0 Å². The first-order valence-electron chi connectivity index (χ1n) is 7.78. The summed E-state index contributed by atoms with van der Waals surface area (Å²) in [7, 11) is 1.61. The molecule has 8 nitrogen and oxygen atoms in total. The number of methoxy groups -OCH3 is 1. The van der Waals surface area contributed by atoms with E-state index in [0.29, 0.717) is 24.7 Å². The zero-order valence-electron chi connectivity index (χ0n) is 14.1. The highest BCUT2D eigenvalue weighted by molar-refractivity contribution is 6.06. The predicted molar refractivity (Wildman–Crippen MR) is 92.7 cm³/mol. The summed E-state index contributed by atoms with van der Waals surface area (Å²) in [6, 6.07) is 6.62. The number of esters is 1. The molecular formula is C17H20N4O4. The normalized spacial score (nSPS) is 10.2. The molecule has 1 aromatic heterocycles. The van der Waals surface area contributed by atoms with Crippen LogP contribution >= 0.6 is 0 Å². The molecule has 132 valence electrons. The molecule has 2 N–H and O–H groups in total. The van der Waals surface area contributed by atoms with Gasteiger partial charge in [0, 0.05) is 13.7 Å². The molecule has 0 unspecified atom stereocenters. The number of hydrogen-bond donors (Lipinski definition) is 2. The number of nitrogens with one attached hydrogen (secondary N) is 2. The maximum absolute atomic E-state index is 12.3. The van der Waals surface area contributed by atoms with Crippen LogP contribution in [0.5, 0.6) is 0 Å². The number of amides is 1. The molecule has 1 aromatic carbocycles. The average molecular weight is 344 g/mol. The highest BCUT2D eigenvalue weighted by Gasteiger charge is 2.15. The number of benzene rings is 1. The highest BCUT2D eigenvalue weighted by Crippen LogP contribution is 2.17. The molecule has 8 heteroatoms. The molecule has 0 aliphatic heterocycles. The van der Waals surface area contributed by atoms with Crippen molar-refractivity contribution >= 4 is 23.4 Å². The van der Waals surface area contributed by atoms with E-state index in [4.69, 9.17) is 9.47 Å². The Kier molecular flexibility index (Phi) is 6.85. The third-order valence-corrected chi connectivity index (χ3v) is 3.17. The Morgan fingerprint density at radius 2 is 1.96 bits per heavy atom. The Balaban J connectivity index is 2.06. The number of nitrogens with zero attached hydrogens (tertiary/aromatic N) is 2. The topological polar surface area (TPSA) is 102 Å². The predicted octanol–water partition coefficient (Wildman–Crippen LogP) is 1.96. The van der Waals surface area contributed by atoms with Crippen molar-refractivity contribution in [2.45, 2.75) is 6.92 Å². The standard InChI is InChI=1S/C17H20N4O4/c1-3-25-17(23)12-6-4-5-7-13(12)21-16(22)14-10-20-15(11-19-14)18-8-9-24-2/h4-7,10-11H,3,8-9H2,1-2H3,(H,18,20)(H,21,22). The lowest BCUT2D eigenvalue weighted by molar-refractivity contribution is 0.0527.